The SMILES string of the molecule is O=C(CCn1c(=O)[nH]c(=O)c2ccccc21)Nc1cccc(NC(=O)c2cccnc2)c1. The number of aromatic amines is 1. The van der Waals surface area contributed by atoms with Gasteiger partial charge in [-0.05, 0) is 42.5 Å². The van der Waals surface area contributed by atoms with E-state index in [0.29, 0.717) is 27.8 Å². The predicted octanol–water partition coefficient (Wildman–Crippen LogP) is 2.37. The van der Waals surface area contributed by atoms with Gasteiger partial charge in [0.05, 0.1) is 16.5 Å². The molecule has 160 valence electrons. The van der Waals surface area contributed by atoms with Gasteiger partial charge in [-0.2, -0.15) is 0 Å². The lowest BCUT2D eigenvalue weighted by Crippen LogP contribution is -2.31. The first kappa shape index (κ1) is 20.7. The number of carbonyl (C=O) groups excluding carboxylic acids is 2. The second kappa shape index (κ2) is 9.09. The first-order valence-corrected chi connectivity index (χ1v) is 9.84. The summed E-state index contributed by atoms with van der Waals surface area (Å²) < 4.78 is 1.36. The summed E-state index contributed by atoms with van der Waals surface area (Å²) in [6.45, 7) is 0.0966. The summed E-state index contributed by atoms with van der Waals surface area (Å²) in [5.74, 6) is -0.631. The molecule has 0 aliphatic heterocycles. The van der Waals surface area contributed by atoms with Crippen molar-refractivity contribution in [1.82, 2.24) is 14.5 Å². The molecule has 0 saturated carbocycles. The number of benzene rings is 2. The van der Waals surface area contributed by atoms with E-state index in [1.807, 2.05) is 0 Å². The van der Waals surface area contributed by atoms with E-state index in [4.69, 9.17) is 0 Å². The van der Waals surface area contributed by atoms with Crippen LogP contribution in [0.3, 0.4) is 0 Å². The van der Waals surface area contributed by atoms with Crippen LogP contribution >= 0.6 is 0 Å². The van der Waals surface area contributed by atoms with Gasteiger partial charge in [-0.3, -0.25) is 28.9 Å². The van der Waals surface area contributed by atoms with Crippen LogP contribution in [0.5, 0.6) is 0 Å². The van der Waals surface area contributed by atoms with Crippen LogP contribution in [0.1, 0.15) is 16.8 Å². The van der Waals surface area contributed by atoms with Crippen molar-refractivity contribution in [3.05, 3.63) is 99.5 Å². The van der Waals surface area contributed by atoms with Crippen molar-refractivity contribution in [3.8, 4) is 0 Å². The van der Waals surface area contributed by atoms with E-state index in [1.165, 1.54) is 10.8 Å². The van der Waals surface area contributed by atoms with E-state index in [9.17, 15) is 19.2 Å². The standard InChI is InChI=1S/C23H19N5O4/c29-20(10-12-28-19-9-2-1-8-18(19)22(31)27-23(28)32)25-16-6-3-7-17(13-16)26-21(30)15-5-4-11-24-14-15/h1-9,11,13-14H,10,12H2,(H,25,29)(H,26,30)(H,27,31,32). The van der Waals surface area contributed by atoms with E-state index in [-0.39, 0.29) is 24.8 Å². The molecule has 2 aromatic carbocycles. The normalized spacial score (nSPS) is 10.6. The van der Waals surface area contributed by atoms with Gasteiger partial charge in [-0.1, -0.05) is 18.2 Å². The molecule has 32 heavy (non-hydrogen) atoms. The number of nitrogens with one attached hydrogen (secondary N) is 3. The van der Waals surface area contributed by atoms with Gasteiger partial charge in [0, 0.05) is 36.7 Å². The zero-order valence-electron chi connectivity index (χ0n) is 16.9. The number of carbonyl (C=O) groups is 2. The lowest BCUT2D eigenvalue weighted by atomic mass is 10.2. The van der Waals surface area contributed by atoms with Crippen molar-refractivity contribution in [2.24, 2.45) is 0 Å². The van der Waals surface area contributed by atoms with Crippen LogP contribution < -0.4 is 21.9 Å². The first-order chi connectivity index (χ1) is 15.5. The number of fused-ring (bicyclic) bond motifs is 1. The number of para-hydroxylation sites is 1. The highest BCUT2D eigenvalue weighted by molar-refractivity contribution is 6.04. The molecule has 3 N–H and O–H groups in total. The second-order valence-corrected chi connectivity index (χ2v) is 7.00. The van der Waals surface area contributed by atoms with Crippen LogP contribution in [-0.2, 0) is 11.3 Å². The van der Waals surface area contributed by atoms with Crippen LogP contribution in [0.25, 0.3) is 10.9 Å². The summed E-state index contributed by atoms with van der Waals surface area (Å²) in [4.78, 5) is 55.1. The van der Waals surface area contributed by atoms with E-state index in [1.54, 1.807) is 66.9 Å². The molecule has 0 bridgehead atoms. The lowest BCUT2D eigenvalue weighted by Gasteiger charge is -2.11. The molecule has 0 atom stereocenters. The topological polar surface area (TPSA) is 126 Å². The van der Waals surface area contributed by atoms with Crippen molar-refractivity contribution in [2.45, 2.75) is 13.0 Å². The van der Waals surface area contributed by atoms with Crippen LogP contribution in [0.15, 0.2) is 82.6 Å². The number of anilines is 2. The highest BCUT2D eigenvalue weighted by Gasteiger charge is 2.10. The molecule has 2 heterocycles. The molecule has 9 nitrogen and oxygen atoms in total. The molecule has 0 spiro atoms. The first-order valence-electron chi connectivity index (χ1n) is 9.84. The number of hydrogen-bond acceptors (Lipinski definition) is 5. The van der Waals surface area contributed by atoms with Gasteiger partial charge in [0.1, 0.15) is 0 Å². The molecule has 9 heteroatoms. The third-order valence-electron chi connectivity index (χ3n) is 4.80. The number of aromatic nitrogens is 3. The molecule has 0 aliphatic rings. The van der Waals surface area contributed by atoms with Gasteiger partial charge in [0.25, 0.3) is 11.5 Å². The third-order valence-corrected chi connectivity index (χ3v) is 4.80. The number of nitrogens with zero attached hydrogens (tertiary/aromatic N) is 2. The number of hydrogen-bond donors (Lipinski definition) is 3. The maximum Gasteiger partial charge on any atom is 0.328 e. The van der Waals surface area contributed by atoms with Crippen molar-refractivity contribution < 1.29 is 9.59 Å². The van der Waals surface area contributed by atoms with Crippen molar-refractivity contribution in [1.29, 1.82) is 0 Å². The molecule has 0 saturated heterocycles. The van der Waals surface area contributed by atoms with Crippen LogP contribution in [-0.4, -0.2) is 26.3 Å². The smallest absolute Gasteiger partial charge is 0.326 e. The Labute approximate surface area is 181 Å². The van der Waals surface area contributed by atoms with Gasteiger partial charge in [-0.25, -0.2) is 4.79 Å². The summed E-state index contributed by atoms with van der Waals surface area (Å²) in [5, 5.41) is 5.89. The van der Waals surface area contributed by atoms with Gasteiger partial charge in [0.2, 0.25) is 5.91 Å². The summed E-state index contributed by atoms with van der Waals surface area (Å²) in [6, 6.07) is 16.8. The molecule has 2 amide bonds. The number of H-pyrrole nitrogens is 1. The fourth-order valence-corrected chi connectivity index (χ4v) is 3.28. The largest absolute Gasteiger partial charge is 0.328 e. The van der Waals surface area contributed by atoms with E-state index < -0.39 is 11.2 Å². The number of amides is 2. The number of aryl methyl sites for hydroxylation is 1. The van der Waals surface area contributed by atoms with Gasteiger partial charge >= 0.3 is 5.69 Å². The molecular weight excluding hydrogens is 410 g/mol. The molecule has 0 aliphatic carbocycles. The Balaban J connectivity index is 1.43. The van der Waals surface area contributed by atoms with Crippen molar-refractivity contribution in [2.75, 3.05) is 10.6 Å². The summed E-state index contributed by atoms with van der Waals surface area (Å²) in [6.07, 6.45) is 3.06. The minimum atomic E-state index is -0.568. The molecule has 0 fully saturated rings. The summed E-state index contributed by atoms with van der Waals surface area (Å²) in [7, 11) is 0. The number of pyridine rings is 1. The Kier molecular flexibility index (Phi) is 5.89. The van der Waals surface area contributed by atoms with Crippen molar-refractivity contribution >= 4 is 34.1 Å². The fraction of sp³-hybridized carbons (Fsp3) is 0.0870. The van der Waals surface area contributed by atoms with Gasteiger partial charge < -0.3 is 10.6 Å². The molecule has 2 aromatic heterocycles. The molecule has 4 aromatic rings. The second-order valence-electron chi connectivity index (χ2n) is 7.00. The minimum absolute atomic E-state index is 0.0161. The maximum absolute atomic E-state index is 12.5. The fourth-order valence-electron chi connectivity index (χ4n) is 3.28. The Morgan fingerprint density at radius 1 is 0.938 bits per heavy atom. The highest BCUT2D eigenvalue weighted by atomic mass is 16.2. The van der Waals surface area contributed by atoms with Crippen LogP contribution in [0.2, 0.25) is 0 Å². The Morgan fingerprint density at radius 2 is 1.72 bits per heavy atom. The molecule has 4 rings (SSSR count). The Hall–Kier alpha value is -4.53. The van der Waals surface area contributed by atoms with Gasteiger partial charge in [0.15, 0.2) is 0 Å². The quantitative estimate of drug-likeness (QED) is 0.434. The minimum Gasteiger partial charge on any atom is -0.326 e. The molecular formula is C23H19N5O4. The Bertz CT molecular complexity index is 1410. The molecule has 0 radical (unpaired) electrons. The van der Waals surface area contributed by atoms with E-state index >= 15 is 0 Å². The lowest BCUT2D eigenvalue weighted by molar-refractivity contribution is -0.116. The zero-order valence-corrected chi connectivity index (χ0v) is 16.9. The average Bonchev–Trinajstić information content (AvgIpc) is 2.80. The highest BCUT2D eigenvalue weighted by Crippen LogP contribution is 2.16. The maximum atomic E-state index is 12.5. The van der Waals surface area contributed by atoms with Gasteiger partial charge in [-0.15, -0.1) is 0 Å². The average molecular weight is 429 g/mol. The van der Waals surface area contributed by atoms with Crippen LogP contribution in [0.4, 0.5) is 11.4 Å². The van der Waals surface area contributed by atoms with Crippen LogP contribution in [0, 0.1) is 0 Å². The summed E-state index contributed by atoms with van der Waals surface area (Å²) in [5.41, 5.74) is 0.866. The number of rotatable bonds is 6. The monoisotopic (exact) mass is 429 g/mol. The third kappa shape index (κ3) is 4.62. The Morgan fingerprint density at radius 3 is 2.50 bits per heavy atom. The van der Waals surface area contributed by atoms with E-state index in [2.05, 4.69) is 20.6 Å². The summed E-state index contributed by atoms with van der Waals surface area (Å²) >= 11 is 0. The van der Waals surface area contributed by atoms with E-state index in [0.717, 1.165) is 0 Å². The predicted molar refractivity (Wildman–Crippen MR) is 121 cm³/mol. The van der Waals surface area contributed by atoms with Crippen molar-refractivity contribution in [3.63, 3.8) is 0 Å². The zero-order chi connectivity index (χ0) is 22.5. The molecule has 0 unspecified atom stereocenters.